The number of nitrogens with two attached hydrogens (primary N) is 1. The van der Waals surface area contributed by atoms with Gasteiger partial charge in [-0.05, 0) is 13.0 Å². The van der Waals surface area contributed by atoms with E-state index in [2.05, 4.69) is 12.2 Å². The lowest BCUT2D eigenvalue weighted by Crippen LogP contribution is -3.00. The molecule has 0 amide bonds. The fraction of sp³-hybridized carbons (Fsp3) is 0.714. The van der Waals surface area contributed by atoms with E-state index >= 15 is 0 Å². The van der Waals surface area contributed by atoms with Gasteiger partial charge in [0.1, 0.15) is 0 Å². The summed E-state index contributed by atoms with van der Waals surface area (Å²) >= 11 is 0. The molecule has 0 heterocycles. The SMILES string of the molecule is CC[NH2+]CC=CCC(O)O.[Cl-]. The standard InChI is InChI=1S/C7H15NO2.ClH/c1-2-8-6-4-3-5-7(9)10;/h3-4,7-10H,2,5-6H2,1H3;1H. The molecule has 0 spiro atoms. The monoisotopic (exact) mass is 181 g/mol. The van der Waals surface area contributed by atoms with Crippen LogP contribution in [0.4, 0.5) is 0 Å². The van der Waals surface area contributed by atoms with Gasteiger partial charge in [-0.2, -0.15) is 0 Å². The molecule has 0 aliphatic heterocycles. The molecule has 0 fully saturated rings. The van der Waals surface area contributed by atoms with Gasteiger partial charge in [0.05, 0.1) is 13.1 Å². The van der Waals surface area contributed by atoms with Gasteiger partial charge < -0.3 is 27.9 Å². The number of likely N-dealkylation sites (N-methyl/N-ethyl adjacent to an activating group) is 1. The number of rotatable bonds is 5. The number of halogens is 1. The average molecular weight is 182 g/mol. The highest BCUT2D eigenvalue weighted by atomic mass is 35.5. The second kappa shape index (κ2) is 9.91. The molecule has 4 heteroatoms. The molecule has 0 aliphatic carbocycles. The lowest BCUT2D eigenvalue weighted by Gasteiger charge is -1.95. The number of quaternary nitrogens is 1. The van der Waals surface area contributed by atoms with Crippen LogP contribution in [0.3, 0.4) is 0 Å². The summed E-state index contributed by atoms with van der Waals surface area (Å²) < 4.78 is 0. The van der Waals surface area contributed by atoms with Crippen LogP contribution < -0.4 is 17.7 Å². The number of aliphatic hydroxyl groups excluding tert-OH is 1. The van der Waals surface area contributed by atoms with E-state index in [1.165, 1.54) is 0 Å². The summed E-state index contributed by atoms with van der Waals surface area (Å²) in [7, 11) is 0. The Morgan fingerprint density at radius 1 is 1.36 bits per heavy atom. The van der Waals surface area contributed by atoms with Crippen LogP contribution in [0.5, 0.6) is 0 Å². The normalized spacial score (nSPS) is 10.5. The van der Waals surface area contributed by atoms with Crippen LogP contribution in [-0.2, 0) is 0 Å². The zero-order chi connectivity index (χ0) is 7.82. The molecule has 0 saturated heterocycles. The first-order chi connectivity index (χ1) is 4.77. The molecule has 3 nitrogen and oxygen atoms in total. The van der Waals surface area contributed by atoms with Crippen LogP contribution in [-0.4, -0.2) is 29.6 Å². The molecule has 0 saturated carbocycles. The quantitative estimate of drug-likeness (QED) is 0.229. The summed E-state index contributed by atoms with van der Waals surface area (Å²) in [4.78, 5) is 0. The van der Waals surface area contributed by atoms with Gasteiger partial charge in [-0.3, -0.25) is 0 Å². The largest absolute Gasteiger partial charge is 1.00 e. The van der Waals surface area contributed by atoms with Gasteiger partial charge in [0.2, 0.25) is 0 Å². The first-order valence-electron chi connectivity index (χ1n) is 3.60. The number of aliphatic hydroxyl groups is 2. The van der Waals surface area contributed by atoms with E-state index in [0.717, 1.165) is 13.1 Å². The van der Waals surface area contributed by atoms with Crippen LogP contribution in [0.2, 0.25) is 0 Å². The van der Waals surface area contributed by atoms with Crippen molar-refractivity contribution in [3.63, 3.8) is 0 Å². The molecular formula is C7H16ClNO2. The van der Waals surface area contributed by atoms with Crippen LogP contribution in [0.15, 0.2) is 12.2 Å². The smallest absolute Gasteiger partial charge is 0.154 e. The minimum absolute atomic E-state index is 0. The van der Waals surface area contributed by atoms with Crippen molar-refractivity contribution >= 4 is 0 Å². The molecular weight excluding hydrogens is 166 g/mol. The van der Waals surface area contributed by atoms with E-state index in [9.17, 15) is 0 Å². The molecule has 0 bridgehead atoms. The summed E-state index contributed by atoms with van der Waals surface area (Å²) in [6, 6.07) is 0. The maximum atomic E-state index is 8.40. The fourth-order valence-electron chi connectivity index (χ4n) is 0.577. The number of hydrogen-bond donors (Lipinski definition) is 3. The highest BCUT2D eigenvalue weighted by Gasteiger charge is 1.89. The van der Waals surface area contributed by atoms with Gasteiger partial charge in [-0.15, -0.1) is 0 Å². The summed E-state index contributed by atoms with van der Waals surface area (Å²) in [6.45, 7) is 4.06. The fourth-order valence-corrected chi connectivity index (χ4v) is 0.577. The van der Waals surface area contributed by atoms with Crippen LogP contribution >= 0.6 is 0 Å². The van der Waals surface area contributed by atoms with Crippen molar-refractivity contribution < 1.29 is 27.9 Å². The maximum absolute atomic E-state index is 8.40. The topological polar surface area (TPSA) is 57.1 Å². The molecule has 0 aromatic carbocycles. The van der Waals surface area contributed by atoms with Gasteiger partial charge in [-0.25, -0.2) is 0 Å². The Bertz CT molecular complexity index is 96.4. The van der Waals surface area contributed by atoms with Gasteiger partial charge in [-0.1, -0.05) is 6.08 Å². The summed E-state index contributed by atoms with van der Waals surface area (Å²) in [5.74, 6) is 0. The predicted molar refractivity (Wildman–Crippen MR) is 39.3 cm³/mol. The molecule has 68 valence electrons. The molecule has 0 aromatic rings. The van der Waals surface area contributed by atoms with E-state index < -0.39 is 6.29 Å². The first-order valence-corrected chi connectivity index (χ1v) is 3.60. The van der Waals surface area contributed by atoms with E-state index in [1.54, 1.807) is 6.08 Å². The van der Waals surface area contributed by atoms with Crippen molar-refractivity contribution in [1.82, 2.24) is 0 Å². The van der Waals surface area contributed by atoms with Gasteiger partial charge in [0, 0.05) is 6.42 Å². The number of hydrogen-bond acceptors (Lipinski definition) is 2. The summed E-state index contributed by atoms with van der Waals surface area (Å²) in [5.41, 5.74) is 0. The summed E-state index contributed by atoms with van der Waals surface area (Å²) in [5, 5.41) is 18.9. The Hall–Kier alpha value is -0.0900. The molecule has 0 unspecified atom stereocenters. The van der Waals surface area contributed by atoms with Crippen LogP contribution in [0.1, 0.15) is 13.3 Å². The predicted octanol–water partition coefficient (Wildman–Crippen LogP) is -4.17. The Labute approximate surface area is 73.5 Å². The van der Waals surface area contributed by atoms with Crippen molar-refractivity contribution in [2.75, 3.05) is 13.1 Å². The Kier molecular flexibility index (Phi) is 12.2. The molecule has 0 rings (SSSR count). The van der Waals surface area contributed by atoms with Crippen molar-refractivity contribution in [2.45, 2.75) is 19.6 Å². The summed E-state index contributed by atoms with van der Waals surface area (Å²) in [6.07, 6.45) is 2.84. The van der Waals surface area contributed by atoms with Crippen molar-refractivity contribution in [3.8, 4) is 0 Å². The average Bonchev–Trinajstić information content (AvgIpc) is 1.87. The lowest BCUT2D eigenvalue weighted by atomic mass is 10.3. The highest BCUT2D eigenvalue weighted by molar-refractivity contribution is 4.80. The zero-order valence-electron chi connectivity index (χ0n) is 6.70. The Morgan fingerprint density at radius 2 is 2.00 bits per heavy atom. The van der Waals surface area contributed by atoms with Crippen LogP contribution in [0.25, 0.3) is 0 Å². The molecule has 0 aromatic heterocycles. The third-order valence-corrected chi connectivity index (χ3v) is 1.10. The minimum Gasteiger partial charge on any atom is -1.00 e. The third kappa shape index (κ3) is 13.0. The zero-order valence-corrected chi connectivity index (χ0v) is 7.46. The molecule has 4 N–H and O–H groups in total. The Balaban J connectivity index is 0. The van der Waals surface area contributed by atoms with E-state index in [4.69, 9.17) is 10.2 Å². The van der Waals surface area contributed by atoms with E-state index in [-0.39, 0.29) is 12.4 Å². The van der Waals surface area contributed by atoms with E-state index in [0.29, 0.717) is 6.42 Å². The second-order valence-electron chi connectivity index (χ2n) is 2.12. The first kappa shape index (κ1) is 13.5. The van der Waals surface area contributed by atoms with Crippen molar-refractivity contribution in [2.24, 2.45) is 0 Å². The molecule has 0 atom stereocenters. The van der Waals surface area contributed by atoms with Crippen LogP contribution in [0, 0.1) is 0 Å². The minimum atomic E-state index is -1.20. The second-order valence-corrected chi connectivity index (χ2v) is 2.12. The maximum Gasteiger partial charge on any atom is 0.154 e. The van der Waals surface area contributed by atoms with Crippen molar-refractivity contribution in [1.29, 1.82) is 0 Å². The van der Waals surface area contributed by atoms with E-state index in [1.807, 2.05) is 6.08 Å². The highest BCUT2D eigenvalue weighted by Crippen LogP contribution is 1.85. The molecule has 11 heavy (non-hydrogen) atoms. The van der Waals surface area contributed by atoms with Gasteiger partial charge in [0.15, 0.2) is 6.29 Å². The third-order valence-electron chi connectivity index (χ3n) is 1.10. The lowest BCUT2D eigenvalue weighted by molar-refractivity contribution is -0.642. The molecule has 0 aliphatic rings. The molecule has 0 radical (unpaired) electrons. The van der Waals surface area contributed by atoms with Crippen molar-refractivity contribution in [3.05, 3.63) is 12.2 Å². The van der Waals surface area contributed by atoms with Gasteiger partial charge >= 0.3 is 0 Å². The van der Waals surface area contributed by atoms with Gasteiger partial charge in [0.25, 0.3) is 0 Å². The Morgan fingerprint density at radius 3 is 2.45 bits per heavy atom.